The number of aliphatic imine (C=N–C) groups is 1. The molecule has 1 aliphatic rings. The molecule has 2 amide bonds. The van der Waals surface area contributed by atoms with Gasteiger partial charge in [-0.1, -0.05) is 61.2 Å². The molecule has 0 radical (unpaired) electrons. The predicted molar refractivity (Wildman–Crippen MR) is 168 cm³/mol. The monoisotopic (exact) mass is 622 g/mol. The third-order valence-electron chi connectivity index (χ3n) is 7.35. The Morgan fingerprint density at radius 1 is 1.07 bits per heavy atom. The number of anilines is 1. The number of hydrogen-bond donors (Lipinski definition) is 1. The molecule has 1 aromatic heterocycles. The number of thioether (sulfide) groups is 1. The highest BCUT2D eigenvalue weighted by molar-refractivity contribution is 8.14. The molecular formula is C32H33F3N6O2S. The van der Waals surface area contributed by atoms with Crippen molar-refractivity contribution in [2.45, 2.75) is 45.9 Å². The van der Waals surface area contributed by atoms with Gasteiger partial charge in [0, 0.05) is 36.0 Å². The van der Waals surface area contributed by atoms with E-state index in [-0.39, 0.29) is 17.7 Å². The fourth-order valence-corrected chi connectivity index (χ4v) is 6.09. The molecule has 44 heavy (non-hydrogen) atoms. The first-order valence-corrected chi connectivity index (χ1v) is 15.3. The van der Waals surface area contributed by atoms with E-state index in [0.717, 1.165) is 58.2 Å². The first-order chi connectivity index (χ1) is 21.1. The molecule has 3 aromatic carbocycles. The van der Waals surface area contributed by atoms with Crippen LogP contribution < -0.4 is 15.0 Å². The quantitative estimate of drug-likeness (QED) is 0.217. The van der Waals surface area contributed by atoms with Crippen LogP contribution in [0.25, 0.3) is 17.1 Å². The molecule has 1 fully saturated rings. The van der Waals surface area contributed by atoms with E-state index in [2.05, 4.69) is 62.9 Å². The third kappa shape index (κ3) is 7.60. The lowest BCUT2D eigenvalue weighted by molar-refractivity contribution is -0.274. The van der Waals surface area contributed by atoms with E-state index in [4.69, 9.17) is 0 Å². The van der Waals surface area contributed by atoms with Crippen LogP contribution in [0.4, 0.5) is 23.7 Å². The summed E-state index contributed by atoms with van der Waals surface area (Å²) in [5, 5.41) is 8.19. The molecule has 0 spiro atoms. The number of ether oxygens (including phenoxy) is 1. The first-order valence-electron chi connectivity index (χ1n) is 14.3. The number of urea groups is 1. The minimum absolute atomic E-state index is 0.0878. The highest BCUT2D eigenvalue weighted by Gasteiger charge is 2.31. The zero-order valence-electron chi connectivity index (χ0n) is 24.6. The van der Waals surface area contributed by atoms with Gasteiger partial charge in [-0.15, -0.1) is 18.3 Å². The number of carbonyl (C=O) groups is 1. The highest BCUT2D eigenvalue weighted by Crippen LogP contribution is 2.31. The van der Waals surface area contributed by atoms with Crippen molar-refractivity contribution in [3.05, 3.63) is 89.7 Å². The van der Waals surface area contributed by atoms with Crippen LogP contribution in [0.3, 0.4) is 0 Å². The topological polar surface area (TPSA) is 84.6 Å². The van der Waals surface area contributed by atoms with Crippen LogP contribution >= 0.6 is 11.8 Å². The number of aryl methyl sites for hydroxylation is 2. The van der Waals surface area contributed by atoms with Crippen molar-refractivity contribution < 1.29 is 22.7 Å². The number of nitrogens with zero attached hydrogens (tertiary/aromatic N) is 5. The second-order valence-electron chi connectivity index (χ2n) is 10.5. The normalized spacial score (nSPS) is 15.3. The second kappa shape index (κ2) is 13.5. The van der Waals surface area contributed by atoms with E-state index >= 15 is 0 Å². The number of benzene rings is 3. The van der Waals surface area contributed by atoms with Crippen molar-refractivity contribution >= 4 is 28.6 Å². The Labute approximate surface area is 258 Å². The average molecular weight is 623 g/mol. The van der Waals surface area contributed by atoms with E-state index in [1.54, 1.807) is 11.8 Å². The highest BCUT2D eigenvalue weighted by atomic mass is 32.2. The van der Waals surface area contributed by atoms with Gasteiger partial charge in [-0.3, -0.25) is 0 Å². The maximum atomic E-state index is 12.9. The lowest BCUT2D eigenvalue weighted by atomic mass is 9.95. The molecule has 1 N–H and O–H groups in total. The summed E-state index contributed by atoms with van der Waals surface area (Å²) >= 11 is 1.61. The number of rotatable bonds is 8. The van der Waals surface area contributed by atoms with Gasteiger partial charge >= 0.3 is 12.4 Å². The molecule has 1 atom stereocenters. The molecule has 1 saturated heterocycles. The van der Waals surface area contributed by atoms with E-state index in [0.29, 0.717) is 18.1 Å². The fourth-order valence-electron chi connectivity index (χ4n) is 5.15. The summed E-state index contributed by atoms with van der Waals surface area (Å²) in [5.74, 6) is 1.18. The Kier molecular flexibility index (Phi) is 9.58. The van der Waals surface area contributed by atoms with Crippen LogP contribution in [0.5, 0.6) is 5.75 Å². The van der Waals surface area contributed by atoms with Crippen molar-refractivity contribution in [3.8, 4) is 22.8 Å². The maximum Gasteiger partial charge on any atom is 0.573 e. The Morgan fingerprint density at radius 3 is 2.43 bits per heavy atom. The molecule has 1 unspecified atom stereocenters. The largest absolute Gasteiger partial charge is 0.573 e. The van der Waals surface area contributed by atoms with Crippen molar-refractivity contribution in [1.82, 2.24) is 20.1 Å². The van der Waals surface area contributed by atoms with Crippen LogP contribution in [0.2, 0.25) is 0 Å². The fraction of sp³-hybridized carbons (Fsp3) is 0.312. The molecule has 0 aliphatic carbocycles. The van der Waals surface area contributed by atoms with E-state index in [9.17, 15) is 18.0 Å². The number of aromatic nitrogens is 3. The van der Waals surface area contributed by atoms with Crippen LogP contribution in [0.1, 0.15) is 42.4 Å². The maximum absolute atomic E-state index is 12.9. The average Bonchev–Trinajstić information content (AvgIpc) is 3.49. The summed E-state index contributed by atoms with van der Waals surface area (Å²) in [7, 11) is 0. The van der Waals surface area contributed by atoms with Gasteiger partial charge in [0.2, 0.25) is 0 Å². The van der Waals surface area contributed by atoms with Gasteiger partial charge in [0.15, 0.2) is 11.0 Å². The molecule has 5 rings (SSSR count). The molecule has 1 aliphatic heterocycles. The van der Waals surface area contributed by atoms with Crippen LogP contribution in [-0.2, 0) is 0 Å². The minimum Gasteiger partial charge on any atom is -0.406 e. The van der Waals surface area contributed by atoms with Gasteiger partial charge in [0.25, 0.3) is 0 Å². The number of hydrogen-bond acceptors (Lipinski definition) is 5. The van der Waals surface area contributed by atoms with E-state index < -0.39 is 6.36 Å². The van der Waals surface area contributed by atoms with Crippen LogP contribution in [0, 0.1) is 13.8 Å². The standard InChI is InChI=1S/C32H33F3N6O2S/c1-4-23(19-36-30(42)38-31-40(17-6-18-44-31)28-21(2)7-5-8-22(28)3)24-9-11-25(12-10-24)29-37-20-41(39-29)26-13-15-27(16-14-26)43-32(33,34)35/h5,7-16,20,23H,4,6,17-19H2,1-3H3,(H,36,42)/b38-31-. The smallest absolute Gasteiger partial charge is 0.406 e. The summed E-state index contributed by atoms with van der Waals surface area (Å²) in [6.45, 7) is 7.50. The molecule has 12 heteroatoms. The summed E-state index contributed by atoms with van der Waals surface area (Å²) in [6, 6.07) is 19.1. The summed E-state index contributed by atoms with van der Waals surface area (Å²) < 4.78 is 42.7. The Morgan fingerprint density at radius 2 is 1.77 bits per heavy atom. The van der Waals surface area contributed by atoms with Gasteiger partial charge in [-0.2, -0.15) is 4.99 Å². The second-order valence-corrected chi connectivity index (χ2v) is 11.5. The summed E-state index contributed by atoms with van der Waals surface area (Å²) in [4.78, 5) is 23.9. The number of amides is 2. The SMILES string of the molecule is CCC(CNC(=O)/N=C1\SCCCN1c1c(C)cccc1C)c1ccc(-c2ncn(-c3ccc(OC(F)(F)F)cc3)n2)cc1. The van der Waals surface area contributed by atoms with Crippen LogP contribution in [-0.4, -0.2) is 51.2 Å². The molecular weight excluding hydrogens is 589 g/mol. The number of amidine groups is 1. The molecule has 8 nitrogen and oxygen atoms in total. The van der Waals surface area contributed by atoms with Gasteiger partial charge in [0.1, 0.15) is 12.1 Å². The van der Waals surface area contributed by atoms with Gasteiger partial charge < -0.3 is 15.0 Å². The van der Waals surface area contributed by atoms with Crippen molar-refractivity contribution in [3.63, 3.8) is 0 Å². The lowest BCUT2D eigenvalue weighted by Gasteiger charge is -2.32. The Bertz CT molecular complexity index is 1600. The summed E-state index contributed by atoms with van der Waals surface area (Å²) in [5.41, 5.74) is 5.83. The third-order valence-corrected chi connectivity index (χ3v) is 8.42. The first kappa shape index (κ1) is 31.1. The van der Waals surface area contributed by atoms with Crippen molar-refractivity contribution in [2.24, 2.45) is 4.99 Å². The lowest BCUT2D eigenvalue weighted by Crippen LogP contribution is -2.37. The Hall–Kier alpha value is -4.32. The van der Waals surface area contributed by atoms with Crippen molar-refractivity contribution in [1.29, 1.82) is 0 Å². The zero-order chi connectivity index (χ0) is 31.3. The zero-order valence-corrected chi connectivity index (χ0v) is 25.5. The number of para-hydroxylation sites is 1. The predicted octanol–water partition coefficient (Wildman–Crippen LogP) is 7.65. The molecule has 0 bridgehead atoms. The number of alkyl halides is 3. The number of carbonyl (C=O) groups excluding carboxylic acids is 1. The van der Waals surface area contributed by atoms with Gasteiger partial charge in [-0.05, 0) is 67.6 Å². The molecule has 230 valence electrons. The van der Waals surface area contributed by atoms with Gasteiger partial charge in [-0.25, -0.2) is 14.5 Å². The van der Waals surface area contributed by atoms with Gasteiger partial charge in [0.05, 0.1) is 5.69 Å². The number of nitrogens with one attached hydrogen (secondary N) is 1. The van der Waals surface area contributed by atoms with Crippen LogP contribution in [0.15, 0.2) is 78.0 Å². The Balaban J connectivity index is 1.22. The number of halogens is 3. The van der Waals surface area contributed by atoms with Crippen molar-refractivity contribution in [2.75, 3.05) is 23.7 Å². The molecule has 2 heterocycles. The van der Waals surface area contributed by atoms with E-state index in [1.165, 1.54) is 35.3 Å². The molecule has 0 saturated carbocycles. The summed E-state index contributed by atoms with van der Waals surface area (Å²) in [6.07, 6.45) is -1.40. The minimum atomic E-state index is -4.75. The van der Waals surface area contributed by atoms with E-state index in [1.807, 2.05) is 30.3 Å². The molecule has 4 aromatic rings.